The lowest BCUT2D eigenvalue weighted by molar-refractivity contribution is -0.870. The zero-order valence-electron chi connectivity index (χ0n) is 61.2. The second-order valence-corrected chi connectivity index (χ2v) is 28.5. The molecule has 0 aromatic carbocycles. The molecule has 1 N–H and O–H groups in total. The first kappa shape index (κ1) is 89.4. The lowest BCUT2D eigenvalue weighted by Crippen LogP contribution is -2.37. The van der Waals surface area contributed by atoms with Gasteiger partial charge in [-0.2, -0.15) is 0 Å². The number of unbranched alkanes of at least 4 members (excludes halogenated alkanes) is 37. The van der Waals surface area contributed by atoms with E-state index in [-0.39, 0.29) is 32.0 Å². The molecule has 0 amide bonds. The molecular formula is C83H147NO8P+. The SMILES string of the molecule is CC/C=C\C/C=C\C/C=C\C/C=C\C/C=C\C/C=C\C/C=C\C/C=C\C/C=C\C/C=C\CCCCCCCCCCCCC(=O)OC(COC(=O)CCCCCCCCCCCCCCCCCCCCCCCCCCCCCC)COP(=O)(O)OCC[N+](C)(C)C. The number of carbonyl (C=O) groups is 2. The molecule has 0 rings (SSSR count). The van der Waals surface area contributed by atoms with Gasteiger partial charge in [-0.1, -0.05) is 360 Å². The van der Waals surface area contributed by atoms with Crippen LogP contribution in [0.4, 0.5) is 0 Å². The van der Waals surface area contributed by atoms with Crippen LogP contribution in [-0.2, 0) is 32.7 Å². The predicted octanol–water partition coefficient (Wildman–Crippen LogP) is 25.8. The second-order valence-electron chi connectivity index (χ2n) is 27.0. The van der Waals surface area contributed by atoms with Crippen molar-refractivity contribution in [3.8, 4) is 0 Å². The number of quaternary nitrogens is 1. The molecule has 9 nitrogen and oxygen atoms in total. The second kappa shape index (κ2) is 72.7. The molecule has 0 heterocycles. The Morgan fingerprint density at radius 2 is 0.613 bits per heavy atom. The lowest BCUT2D eigenvalue weighted by atomic mass is 10.0. The number of allylic oxidation sites excluding steroid dienone is 20. The quantitative estimate of drug-likeness (QED) is 0.0211. The number of ether oxygens (including phenoxy) is 2. The first-order valence-electron chi connectivity index (χ1n) is 38.8. The molecule has 0 fully saturated rings. The summed E-state index contributed by atoms with van der Waals surface area (Å²) in [6, 6.07) is 0. The van der Waals surface area contributed by atoms with Crippen molar-refractivity contribution in [2.45, 2.75) is 347 Å². The first-order valence-corrected chi connectivity index (χ1v) is 40.3. The minimum absolute atomic E-state index is 0.0279. The highest BCUT2D eigenvalue weighted by molar-refractivity contribution is 7.47. The van der Waals surface area contributed by atoms with Crippen LogP contribution in [-0.4, -0.2) is 74.9 Å². The smallest absolute Gasteiger partial charge is 0.462 e. The molecule has 536 valence electrons. The highest BCUT2D eigenvalue weighted by Gasteiger charge is 2.27. The molecule has 10 heteroatoms. The van der Waals surface area contributed by atoms with Crippen molar-refractivity contribution < 1.29 is 42.1 Å². The number of esters is 2. The molecule has 0 saturated heterocycles. The van der Waals surface area contributed by atoms with E-state index in [4.69, 9.17) is 18.5 Å². The van der Waals surface area contributed by atoms with Crippen molar-refractivity contribution in [3.05, 3.63) is 122 Å². The number of likely N-dealkylation sites (N-methyl/N-ethyl adjacent to an activating group) is 1. The van der Waals surface area contributed by atoms with Crippen molar-refractivity contribution in [3.63, 3.8) is 0 Å². The summed E-state index contributed by atoms with van der Waals surface area (Å²) in [7, 11) is 1.48. The monoisotopic (exact) mass is 1320 g/mol. The lowest BCUT2D eigenvalue weighted by Gasteiger charge is -2.24. The summed E-state index contributed by atoms with van der Waals surface area (Å²) >= 11 is 0. The van der Waals surface area contributed by atoms with Gasteiger partial charge in [-0.3, -0.25) is 18.6 Å². The predicted molar refractivity (Wildman–Crippen MR) is 404 cm³/mol. The van der Waals surface area contributed by atoms with E-state index in [0.29, 0.717) is 17.4 Å². The zero-order valence-corrected chi connectivity index (χ0v) is 62.1. The molecule has 0 aromatic heterocycles. The van der Waals surface area contributed by atoms with Crippen molar-refractivity contribution in [2.24, 2.45) is 0 Å². The van der Waals surface area contributed by atoms with Gasteiger partial charge in [0.05, 0.1) is 27.7 Å². The van der Waals surface area contributed by atoms with Crippen LogP contribution < -0.4 is 0 Å². The van der Waals surface area contributed by atoms with Gasteiger partial charge in [-0.15, -0.1) is 0 Å². The van der Waals surface area contributed by atoms with E-state index < -0.39 is 26.5 Å². The van der Waals surface area contributed by atoms with Gasteiger partial charge in [0.1, 0.15) is 19.8 Å². The van der Waals surface area contributed by atoms with E-state index >= 15 is 0 Å². The van der Waals surface area contributed by atoms with E-state index in [1.54, 1.807) is 0 Å². The van der Waals surface area contributed by atoms with Crippen LogP contribution >= 0.6 is 7.82 Å². The molecule has 93 heavy (non-hydrogen) atoms. The van der Waals surface area contributed by atoms with Gasteiger partial charge >= 0.3 is 19.8 Å². The van der Waals surface area contributed by atoms with Crippen LogP contribution in [0.15, 0.2) is 122 Å². The van der Waals surface area contributed by atoms with Crippen LogP contribution in [0.1, 0.15) is 341 Å². The number of hydrogen-bond acceptors (Lipinski definition) is 7. The third-order valence-corrected chi connectivity index (χ3v) is 17.7. The average Bonchev–Trinajstić information content (AvgIpc) is 2.30. The maximum absolute atomic E-state index is 12.9. The highest BCUT2D eigenvalue weighted by Crippen LogP contribution is 2.43. The number of nitrogens with zero attached hydrogens (tertiary/aromatic N) is 1. The Morgan fingerprint density at radius 3 is 0.914 bits per heavy atom. The fourth-order valence-corrected chi connectivity index (χ4v) is 11.6. The molecule has 0 aliphatic heterocycles. The number of rotatable bonds is 71. The fraction of sp³-hybridized carbons (Fsp3) is 0.735. The molecule has 0 spiro atoms. The normalized spacial score (nSPS) is 13.7. The van der Waals surface area contributed by atoms with E-state index in [2.05, 4.69) is 135 Å². The molecule has 0 saturated carbocycles. The Labute approximate surface area is 575 Å². The third kappa shape index (κ3) is 77.3. The molecule has 0 radical (unpaired) electrons. The van der Waals surface area contributed by atoms with Gasteiger partial charge in [-0.05, 0) is 89.9 Å². The molecular weight excluding hydrogens is 1170 g/mol. The summed E-state index contributed by atoms with van der Waals surface area (Å²) in [5.74, 6) is -0.793. The van der Waals surface area contributed by atoms with Crippen LogP contribution in [0, 0.1) is 0 Å². The number of hydrogen-bond donors (Lipinski definition) is 1. The molecule has 2 unspecified atom stereocenters. The Morgan fingerprint density at radius 1 is 0.344 bits per heavy atom. The summed E-state index contributed by atoms with van der Waals surface area (Å²) in [6.07, 6.45) is 105. The van der Waals surface area contributed by atoms with Crippen LogP contribution in [0.2, 0.25) is 0 Å². The van der Waals surface area contributed by atoms with Crippen molar-refractivity contribution in [2.75, 3.05) is 47.5 Å². The van der Waals surface area contributed by atoms with Gasteiger partial charge in [0.25, 0.3) is 0 Å². The summed E-state index contributed by atoms with van der Waals surface area (Å²) in [6.45, 7) is 4.36. The third-order valence-electron chi connectivity index (χ3n) is 16.8. The van der Waals surface area contributed by atoms with Gasteiger partial charge in [0.15, 0.2) is 6.10 Å². The Hall–Kier alpha value is -3.59. The van der Waals surface area contributed by atoms with Crippen LogP contribution in [0.5, 0.6) is 0 Å². The average molecular weight is 1320 g/mol. The Kier molecular flexibility index (Phi) is 69.9. The largest absolute Gasteiger partial charge is 0.472 e. The minimum Gasteiger partial charge on any atom is -0.462 e. The molecule has 0 aromatic rings. The van der Waals surface area contributed by atoms with Crippen LogP contribution in [0.3, 0.4) is 0 Å². The van der Waals surface area contributed by atoms with Crippen molar-refractivity contribution in [1.82, 2.24) is 0 Å². The number of phosphoric ester groups is 1. The maximum atomic E-state index is 12.9. The standard InChI is InChI=1S/C83H146NO8P/c1-6-8-10-12-14-16-18-20-22-24-26-28-30-32-34-36-37-38-39-40-41-42-43-44-45-46-47-48-50-52-54-56-58-60-62-64-66-68-70-72-74-76-83(86)92-81(80-91-93(87,88)90-78-77-84(3,4)5)79-89-82(85)75-73-71-69-67-65-63-61-59-57-55-53-51-49-35-33-31-29-27-25-23-21-19-17-15-13-11-9-7-2/h8,10,14,16,20,22,26,28,32,34,37-38,40-41,43-44,46-47,50,52,81H,6-7,9,11-13,15,17-19,21,23-25,27,29-31,33,35-36,39,42,45,48-49,51,53-80H2,1-5H3/p+1/b10-8-,16-14-,22-20-,28-26-,34-32-,38-37-,41-40-,44-43-,47-46-,52-50-. The van der Waals surface area contributed by atoms with Crippen molar-refractivity contribution in [1.29, 1.82) is 0 Å². The van der Waals surface area contributed by atoms with Gasteiger partial charge in [0.2, 0.25) is 0 Å². The highest BCUT2D eigenvalue weighted by atomic mass is 31.2. The minimum atomic E-state index is -4.40. The first-order chi connectivity index (χ1) is 45.5. The topological polar surface area (TPSA) is 108 Å². The summed E-state index contributed by atoms with van der Waals surface area (Å²) < 4.78 is 34.8. The molecule has 0 bridgehead atoms. The number of phosphoric acid groups is 1. The van der Waals surface area contributed by atoms with Crippen molar-refractivity contribution >= 4 is 19.8 Å². The molecule has 0 aliphatic carbocycles. The Bertz CT molecular complexity index is 1990. The number of carbonyl (C=O) groups excluding carboxylic acids is 2. The zero-order chi connectivity index (χ0) is 67.6. The summed E-state index contributed by atoms with van der Waals surface area (Å²) in [5, 5.41) is 0. The molecule has 0 aliphatic rings. The van der Waals surface area contributed by atoms with Gasteiger partial charge < -0.3 is 18.9 Å². The van der Waals surface area contributed by atoms with Gasteiger partial charge in [-0.25, -0.2) is 4.57 Å². The van der Waals surface area contributed by atoms with E-state index in [0.717, 1.165) is 109 Å². The Balaban J connectivity index is 4.03. The summed E-state index contributed by atoms with van der Waals surface area (Å²) in [4.78, 5) is 36.0. The van der Waals surface area contributed by atoms with E-state index in [1.807, 2.05) is 21.1 Å². The van der Waals surface area contributed by atoms with Crippen LogP contribution in [0.25, 0.3) is 0 Å². The van der Waals surface area contributed by atoms with E-state index in [9.17, 15) is 19.0 Å². The molecule has 2 atom stereocenters. The maximum Gasteiger partial charge on any atom is 0.472 e. The summed E-state index contributed by atoms with van der Waals surface area (Å²) in [5.41, 5.74) is 0. The van der Waals surface area contributed by atoms with E-state index in [1.165, 1.54) is 199 Å². The fourth-order valence-electron chi connectivity index (χ4n) is 10.9. The van der Waals surface area contributed by atoms with Gasteiger partial charge in [0, 0.05) is 12.8 Å².